The van der Waals surface area contributed by atoms with Crippen molar-refractivity contribution < 1.29 is 19.8 Å². The first-order chi connectivity index (χ1) is 10.2. The van der Waals surface area contributed by atoms with Crippen LogP contribution >= 0.6 is 0 Å². The third-order valence-corrected chi connectivity index (χ3v) is 4.07. The van der Waals surface area contributed by atoms with E-state index in [1.807, 2.05) is 19.9 Å². The van der Waals surface area contributed by atoms with E-state index in [2.05, 4.69) is 0 Å². The van der Waals surface area contributed by atoms with Gasteiger partial charge in [-0.3, -0.25) is 0 Å². The quantitative estimate of drug-likeness (QED) is 0.898. The van der Waals surface area contributed by atoms with Gasteiger partial charge in [0.2, 0.25) is 0 Å². The molecule has 0 aromatic heterocycles. The number of carboxylic acid groups (broad SMARTS) is 2. The van der Waals surface area contributed by atoms with E-state index < -0.39 is 11.9 Å². The number of rotatable bonds is 3. The Bertz CT molecular complexity index is 788. The molecule has 0 aliphatic heterocycles. The molecular formula is C18H18O4. The van der Waals surface area contributed by atoms with Crippen molar-refractivity contribution in [2.75, 3.05) is 0 Å². The summed E-state index contributed by atoms with van der Waals surface area (Å²) in [7, 11) is 0. The fourth-order valence-electron chi connectivity index (χ4n) is 2.79. The van der Waals surface area contributed by atoms with E-state index in [9.17, 15) is 14.7 Å². The Kier molecular flexibility index (Phi) is 4.04. The van der Waals surface area contributed by atoms with Crippen LogP contribution in [0.15, 0.2) is 24.3 Å². The minimum atomic E-state index is -0.958. The van der Waals surface area contributed by atoms with Crippen LogP contribution in [0.25, 0.3) is 11.1 Å². The Balaban J connectivity index is 2.69. The van der Waals surface area contributed by atoms with Crippen LogP contribution in [0.1, 0.15) is 43.0 Å². The topological polar surface area (TPSA) is 74.6 Å². The monoisotopic (exact) mass is 298 g/mol. The summed E-state index contributed by atoms with van der Waals surface area (Å²) in [5.41, 5.74) is 5.63. The minimum Gasteiger partial charge on any atom is -0.478 e. The molecule has 2 N–H and O–H groups in total. The number of hydrogen-bond donors (Lipinski definition) is 2. The lowest BCUT2D eigenvalue weighted by molar-refractivity contribution is 0.0685. The molecule has 0 saturated heterocycles. The van der Waals surface area contributed by atoms with Gasteiger partial charge < -0.3 is 10.2 Å². The maximum Gasteiger partial charge on any atom is 0.336 e. The Morgan fingerprint density at radius 2 is 1.41 bits per heavy atom. The van der Waals surface area contributed by atoms with Crippen molar-refractivity contribution in [1.82, 2.24) is 0 Å². The molecule has 2 aromatic carbocycles. The van der Waals surface area contributed by atoms with Crippen LogP contribution in [-0.4, -0.2) is 22.2 Å². The lowest BCUT2D eigenvalue weighted by Gasteiger charge is -2.16. The van der Waals surface area contributed by atoms with Crippen LogP contribution in [0.5, 0.6) is 0 Å². The zero-order valence-corrected chi connectivity index (χ0v) is 13.0. The first-order valence-electron chi connectivity index (χ1n) is 6.92. The highest BCUT2D eigenvalue weighted by Crippen LogP contribution is 2.32. The second-order valence-corrected chi connectivity index (χ2v) is 5.51. The average Bonchev–Trinajstić information content (AvgIpc) is 2.42. The third kappa shape index (κ3) is 2.60. The molecule has 0 atom stereocenters. The lowest BCUT2D eigenvalue weighted by atomic mass is 9.88. The van der Waals surface area contributed by atoms with Gasteiger partial charge in [0.1, 0.15) is 0 Å². The molecule has 0 heterocycles. The van der Waals surface area contributed by atoms with E-state index in [1.165, 1.54) is 0 Å². The van der Waals surface area contributed by atoms with Gasteiger partial charge in [0.25, 0.3) is 0 Å². The molecule has 0 amide bonds. The van der Waals surface area contributed by atoms with Crippen molar-refractivity contribution in [3.05, 3.63) is 57.6 Å². The number of carbonyl (C=O) groups is 2. The first kappa shape index (κ1) is 15.8. The number of benzene rings is 2. The smallest absolute Gasteiger partial charge is 0.336 e. The molecule has 4 nitrogen and oxygen atoms in total. The van der Waals surface area contributed by atoms with E-state index in [4.69, 9.17) is 5.11 Å². The molecule has 2 aromatic rings. The SMILES string of the molecule is Cc1cc(C(=O)O)ccc1-c1cc(C)c(C(=O)O)c(C)c1C. The molecule has 0 aliphatic carbocycles. The predicted molar refractivity (Wildman–Crippen MR) is 84.7 cm³/mol. The van der Waals surface area contributed by atoms with Crippen LogP contribution in [0.2, 0.25) is 0 Å². The Labute approximate surface area is 129 Å². The maximum atomic E-state index is 11.4. The van der Waals surface area contributed by atoms with Crippen molar-refractivity contribution in [3.8, 4) is 11.1 Å². The largest absolute Gasteiger partial charge is 0.478 e. The summed E-state index contributed by atoms with van der Waals surface area (Å²) < 4.78 is 0. The predicted octanol–water partition coefficient (Wildman–Crippen LogP) is 3.98. The number of carboxylic acids is 2. The van der Waals surface area contributed by atoms with Gasteiger partial charge in [0.05, 0.1) is 11.1 Å². The summed E-state index contributed by atoms with van der Waals surface area (Å²) >= 11 is 0. The summed E-state index contributed by atoms with van der Waals surface area (Å²) in [5, 5.41) is 18.4. The molecule has 0 bridgehead atoms. The van der Waals surface area contributed by atoms with Crippen LogP contribution in [0.3, 0.4) is 0 Å². The minimum absolute atomic E-state index is 0.245. The third-order valence-electron chi connectivity index (χ3n) is 4.07. The molecule has 2 rings (SSSR count). The fourth-order valence-corrected chi connectivity index (χ4v) is 2.79. The summed E-state index contributed by atoms with van der Waals surface area (Å²) in [5.74, 6) is -1.89. The molecule has 0 spiro atoms. The zero-order valence-electron chi connectivity index (χ0n) is 13.0. The fraction of sp³-hybridized carbons (Fsp3) is 0.222. The van der Waals surface area contributed by atoms with E-state index in [-0.39, 0.29) is 5.56 Å². The van der Waals surface area contributed by atoms with Gasteiger partial charge in [-0.05, 0) is 73.2 Å². The average molecular weight is 298 g/mol. The summed E-state index contributed by atoms with van der Waals surface area (Å²) in [6.07, 6.45) is 0. The van der Waals surface area contributed by atoms with Gasteiger partial charge >= 0.3 is 11.9 Å². The molecule has 0 unspecified atom stereocenters. The van der Waals surface area contributed by atoms with Crippen LogP contribution < -0.4 is 0 Å². The Morgan fingerprint density at radius 3 is 1.91 bits per heavy atom. The lowest BCUT2D eigenvalue weighted by Crippen LogP contribution is -2.06. The number of aryl methyl sites for hydroxylation is 2. The van der Waals surface area contributed by atoms with Gasteiger partial charge in [0, 0.05) is 0 Å². The van der Waals surface area contributed by atoms with Crippen molar-refractivity contribution in [1.29, 1.82) is 0 Å². The second kappa shape index (κ2) is 5.64. The van der Waals surface area contributed by atoms with E-state index in [1.54, 1.807) is 32.0 Å². The van der Waals surface area contributed by atoms with Crippen molar-refractivity contribution in [2.45, 2.75) is 27.7 Å². The normalized spacial score (nSPS) is 10.5. The molecule has 0 radical (unpaired) electrons. The van der Waals surface area contributed by atoms with E-state index in [0.717, 1.165) is 27.8 Å². The highest BCUT2D eigenvalue weighted by atomic mass is 16.4. The van der Waals surface area contributed by atoms with Gasteiger partial charge in [-0.2, -0.15) is 0 Å². The standard InChI is InChI=1S/C18H18O4/c1-9-7-13(17(19)20)5-6-14(9)15-8-10(2)16(18(21)22)12(4)11(15)3/h5-8H,1-4H3,(H,19,20)(H,21,22). The molecule has 0 aliphatic rings. The first-order valence-corrected chi connectivity index (χ1v) is 6.92. The van der Waals surface area contributed by atoms with Gasteiger partial charge in [-0.25, -0.2) is 9.59 Å². The molecule has 0 saturated carbocycles. The van der Waals surface area contributed by atoms with E-state index >= 15 is 0 Å². The maximum absolute atomic E-state index is 11.4. The number of aromatic carboxylic acids is 2. The second-order valence-electron chi connectivity index (χ2n) is 5.51. The van der Waals surface area contributed by atoms with E-state index in [0.29, 0.717) is 11.1 Å². The highest BCUT2D eigenvalue weighted by Gasteiger charge is 2.17. The zero-order chi connectivity index (χ0) is 16.6. The molecule has 114 valence electrons. The molecular weight excluding hydrogens is 280 g/mol. The van der Waals surface area contributed by atoms with Crippen LogP contribution in [0.4, 0.5) is 0 Å². The summed E-state index contributed by atoms with van der Waals surface area (Å²) in [4.78, 5) is 22.4. The van der Waals surface area contributed by atoms with Crippen LogP contribution in [0, 0.1) is 27.7 Å². The van der Waals surface area contributed by atoms with Crippen LogP contribution in [-0.2, 0) is 0 Å². The number of hydrogen-bond acceptors (Lipinski definition) is 2. The summed E-state index contributed by atoms with van der Waals surface area (Å²) in [6.45, 7) is 7.33. The van der Waals surface area contributed by atoms with Gasteiger partial charge in [0.15, 0.2) is 0 Å². The highest BCUT2D eigenvalue weighted by molar-refractivity contribution is 5.94. The van der Waals surface area contributed by atoms with Crippen molar-refractivity contribution in [2.24, 2.45) is 0 Å². The Hall–Kier alpha value is -2.62. The molecule has 22 heavy (non-hydrogen) atoms. The molecule has 4 heteroatoms. The molecule has 0 fully saturated rings. The Morgan fingerprint density at radius 1 is 0.773 bits per heavy atom. The summed E-state index contributed by atoms with van der Waals surface area (Å²) in [6, 6.07) is 6.84. The van der Waals surface area contributed by atoms with Crippen molar-refractivity contribution >= 4 is 11.9 Å². The van der Waals surface area contributed by atoms with Gasteiger partial charge in [-0.15, -0.1) is 0 Å². The van der Waals surface area contributed by atoms with Gasteiger partial charge in [-0.1, -0.05) is 12.1 Å². The van der Waals surface area contributed by atoms with Crippen molar-refractivity contribution in [3.63, 3.8) is 0 Å².